The maximum atomic E-state index is 12.3. The molecule has 2 unspecified atom stereocenters. The Labute approximate surface area is 200 Å². The molecule has 1 N–H and O–H groups in total. The molecule has 1 aliphatic rings. The summed E-state index contributed by atoms with van der Waals surface area (Å²) in [7, 11) is 0. The van der Waals surface area contributed by atoms with Crippen molar-refractivity contribution < 1.29 is 19.4 Å². The third-order valence-electron chi connectivity index (χ3n) is 5.51. The van der Waals surface area contributed by atoms with Crippen LogP contribution in [0.3, 0.4) is 0 Å². The topological polar surface area (TPSA) is 84.8 Å². The third kappa shape index (κ3) is 6.92. The molecule has 2 heterocycles. The molecular formula is C25H32ClN3O4. The Bertz CT molecular complexity index is 959. The fourth-order valence-corrected chi connectivity index (χ4v) is 3.87. The SMILES string of the molecule is C=CCCC(=O)C(C)c1ccc(OC2CCN(c3ncnc(OCC(C)(C)O)c3Cl)C2)cc1. The lowest BCUT2D eigenvalue weighted by Crippen LogP contribution is -2.29. The van der Waals surface area contributed by atoms with E-state index in [1.807, 2.05) is 36.1 Å². The lowest BCUT2D eigenvalue weighted by atomic mass is 9.94. The molecule has 0 spiro atoms. The number of nitrogens with zero attached hydrogens (tertiary/aromatic N) is 3. The minimum absolute atomic E-state index is 0.0192. The number of carbonyl (C=O) groups excluding carboxylic acids is 1. The Morgan fingerprint density at radius 3 is 2.76 bits per heavy atom. The van der Waals surface area contributed by atoms with E-state index in [4.69, 9.17) is 21.1 Å². The largest absolute Gasteiger partial charge is 0.489 e. The van der Waals surface area contributed by atoms with Gasteiger partial charge in [-0.3, -0.25) is 4.79 Å². The Balaban J connectivity index is 1.58. The van der Waals surface area contributed by atoms with E-state index < -0.39 is 5.60 Å². The van der Waals surface area contributed by atoms with Crippen molar-refractivity contribution in [3.05, 3.63) is 53.8 Å². The van der Waals surface area contributed by atoms with Crippen LogP contribution < -0.4 is 14.4 Å². The smallest absolute Gasteiger partial charge is 0.238 e. The number of aliphatic hydroxyl groups is 1. The number of ketones is 1. The predicted octanol–water partition coefficient (Wildman–Crippen LogP) is 4.58. The molecule has 2 atom stereocenters. The summed E-state index contributed by atoms with van der Waals surface area (Å²) >= 11 is 6.48. The number of rotatable bonds is 11. The summed E-state index contributed by atoms with van der Waals surface area (Å²) in [6.45, 7) is 10.3. The van der Waals surface area contributed by atoms with E-state index in [1.54, 1.807) is 19.9 Å². The molecule has 0 bridgehead atoms. The van der Waals surface area contributed by atoms with E-state index in [2.05, 4.69) is 16.5 Å². The Morgan fingerprint density at radius 2 is 2.09 bits per heavy atom. The number of halogens is 1. The molecule has 1 aromatic heterocycles. The van der Waals surface area contributed by atoms with E-state index in [1.165, 1.54) is 6.33 Å². The first-order valence-corrected chi connectivity index (χ1v) is 11.6. The zero-order chi connectivity index (χ0) is 24.0. The summed E-state index contributed by atoms with van der Waals surface area (Å²) in [5.74, 6) is 1.67. The highest BCUT2D eigenvalue weighted by Gasteiger charge is 2.28. The van der Waals surface area contributed by atoms with Crippen LogP contribution in [0.25, 0.3) is 0 Å². The first-order chi connectivity index (χ1) is 15.7. The van der Waals surface area contributed by atoms with Crippen molar-refractivity contribution in [2.24, 2.45) is 0 Å². The van der Waals surface area contributed by atoms with Gasteiger partial charge in [0, 0.05) is 25.3 Å². The second-order valence-corrected chi connectivity index (χ2v) is 9.35. The Kier molecular flexibility index (Phi) is 8.32. The fourth-order valence-electron chi connectivity index (χ4n) is 3.60. The summed E-state index contributed by atoms with van der Waals surface area (Å²) in [6.07, 6.45) is 5.19. The van der Waals surface area contributed by atoms with Gasteiger partial charge in [-0.15, -0.1) is 6.58 Å². The van der Waals surface area contributed by atoms with Crippen molar-refractivity contribution >= 4 is 23.2 Å². The number of allylic oxidation sites excluding steroid dienone is 1. The van der Waals surface area contributed by atoms with Crippen LogP contribution in [0.15, 0.2) is 43.2 Å². The Hall–Kier alpha value is -2.64. The van der Waals surface area contributed by atoms with Crippen molar-refractivity contribution in [3.63, 3.8) is 0 Å². The highest BCUT2D eigenvalue weighted by Crippen LogP contribution is 2.33. The van der Waals surface area contributed by atoms with E-state index in [0.717, 1.165) is 24.3 Å². The van der Waals surface area contributed by atoms with Gasteiger partial charge in [0.2, 0.25) is 5.88 Å². The van der Waals surface area contributed by atoms with Crippen molar-refractivity contribution in [2.45, 2.75) is 57.7 Å². The molecule has 2 aromatic rings. The summed E-state index contributed by atoms with van der Waals surface area (Å²) in [4.78, 5) is 22.7. The lowest BCUT2D eigenvalue weighted by molar-refractivity contribution is -0.120. The summed E-state index contributed by atoms with van der Waals surface area (Å²) in [5, 5.41) is 10.2. The van der Waals surface area contributed by atoms with Crippen LogP contribution >= 0.6 is 11.6 Å². The van der Waals surface area contributed by atoms with Crippen molar-refractivity contribution in [1.82, 2.24) is 9.97 Å². The number of ether oxygens (including phenoxy) is 2. The van der Waals surface area contributed by atoms with E-state index in [9.17, 15) is 9.90 Å². The number of carbonyl (C=O) groups is 1. The first-order valence-electron chi connectivity index (χ1n) is 11.2. The summed E-state index contributed by atoms with van der Waals surface area (Å²) < 4.78 is 11.7. The van der Waals surface area contributed by atoms with Crippen LogP contribution in [0, 0.1) is 0 Å². The van der Waals surface area contributed by atoms with Gasteiger partial charge in [-0.05, 0) is 38.0 Å². The first kappa shape index (κ1) is 25.0. The van der Waals surface area contributed by atoms with Crippen molar-refractivity contribution in [1.29, 1.82) is 0 Å². The van der Waals surface area contributed by atoms with Gasteiger partial charge in [0.15, 0.2) is 5.82 Å². The van der Waals surface area contributed by atoms with Gasteiger partial charge in [-0.2, -0.15) is 0 Å². The highest BCUT2D eigenvalue weighted by molar-refractivity contribution is 6.34. The number of benzene rings is 1. The summed E-state index contributed by atoms with van der Waals surface area (Å²) in [6, 6.07) is 7.73. The van der Waals surface area contributed by atoms with Gasteiger partial charge in [0.1, 0.15) is 35.6 Å². The molecule has 1 saturated heterocycles. The molecule has 1 aliphatic heterocycles. The van der Waals surface area contributed by atoms with Gasteiger partial charge in [0.25, 0.3) is 0 Å². The number of hydrogen-bond acceptors (Lipinski definition) is 7. The number of aromatic nitrogens is 2. The molecule has 0 amide bonds. The fraction of sp³-hybridized carbons (Fsp3) is 0.480. The van der Waals surface area contributed by atoms with Gasteiger partial charge in [0.05, 0.1) is 12.1 Å². The second kappa shape index (κ2) is 11.0. The van der Waals surface area contributed by atoms with E-state index in [0.29, 0.717) is 30.2 Å². The van der Waals surface area contributed by atoms with Gasteiger partial charge >= 0.3 is 0 Å². The van der Waals surface area contributed by atoms with Crippen LogP contribution in [0.5, 0.6) is 11.6 Å². The highest BCUT2D eigenvalue weighted by atomic mass is 35.5. The van der Waals surface area contributed by atoms with Crippen LogP contribution in [0.2, 0.25) is 5.02 Å². The average molecular weight is 474 g/mol. The van der Waals surface area contributed by atoms with E-state index in [-0.39, 0.29) is 30.3 Å². The monoisotopic (exact) mass is 473 g/mol. The predicted molar refractivity (Wildman–Crippen MR) is 129 cm³/mol. The maximum Gasteiger partial charge on any atom is 0.238 e. The van der Waals surface area contributed by atoms with Crippen molar-refractivity contribution in [2.75, 3.05) is 24.6 Å². The van der Waals surface area contributed by atoms with Gasteiger partial charge in [-0.25, -0.2) is 9.97 Å². The van der Waals surface area contributed by atoms with Gasteiger partial charge < -0.3 is 19.5 Å². The zero-order valence-corrected chi connectivity index (χ0v) is 20.2. The third-order valence-corrected chi connectivity index (χ3v) is 5.84. The van der Waals surface area contributed by atoms with Gasteiger partial charge in [-0.1, -0.05) is 36.7 Å². The lowest BCUT2D eigenvalue weighted by Gasteiger charge is -2.21. The van der Waals surface area contributed by atoms with Crippen LogP contribution in [-0.2, 0) is 4.79 Å². The second-order valence-electron chi connectivity index (χ2n) is 8.98. The molecule has 1 aromatic carbocycles. The molecule has 3 rings (SSSR count). The standard InChI is InChI=1S/C25H32ClN3O4/c1-5-6-7-21(30)17(2)18-8-10-19(11-9-18)33-20-12-13-29(14-20)23-22(26)24(28-16-27-23)32-15-25(3,4)31/h5,8-11,16-17,20,31H,1,6-7,12-15H2,2-4H3. The van der Waals surface area contributed by atoms with E-state index >= 15 is 0 Å². The molecule has 0 radical (unpaired) electrons. The minimum atomic E-state index is -0.993. The quantitative estimate of drug-likeness (QED) is 0.478. The minimum Gasteiger partial charge on any atom is -0.489 e. The van der Waals surface area contributed by atoms with Crippen LogP contribution in [0.4, 0.5) is 5.82 Å². The number of Topliss-reactive ketones (excluding diaryl/α,β-unsaturated/α-hetero) is 1. The Morgan fingerprint density at radius 1 is 1.36 bits per heavy atom. The summed E-state index contributed by atoms with van der Waals surface area (Å²) in [5.41, 5.74) is -0.0106. The molecule has 7 nitrogen and oxygen atoms in total. The molecule has 8 heteroatoms. The molecule has 0 saturated carbocycles. The average Bonchev–Trinajstić information content (AvgIpc) is 3.24. The molecule has 33 heavy (non-hydrogen) atoms. The molecule has 0 aliphatic carbocycles. The van der Waals surface area contributed by atoms with Crippen molar-refractivity contribution in [3.8, 4) is 11.6 Å². The van der Waals surface area contributed by atoms with Crippen LogP contribution in [-0.4, -0.2) is 52.3 Å². The van der Waals surface area contributed by atoms with Crippen LogP contribution in [0.1, 0.15) is 51.5 Å². The zero-order valence-electron chi connectivity index (χ0n) is 19.5. The normalized spacial score (nSPS) is 17.0. The molecular weight excluding hydrogens is 442 g/mol. The number of anilines is 1. The number of hydrogen-bond donors (Lipinski definition) is 1. The molecule has 1 fully saturated rings. The maximum absolute atomic E-state index is 12.3. The molecule has 178 valence electrons.